The van der Waals surface area contributed by atoms with Gasteiger partial charge in [0.1, 0.15) is 0 Å². The molecule has 41 heavy (non-hydrogen) atoms. The molecule has 1 atom stereocenters. The summed E-state index contributed by atoms with van der Waals surface area (Å²) in [6.45, 7) is 0. The predicted molar refractivity (Wildman–Crippen MR) is 73.5 cm³/mol. The van der Waals surface area contributed by atoms with Crippen LogP contribution in [0.1, 0.15) is 0 Å². The highest BCUT2D eigenvalue weighted by atomic mass is 32.2. The largest absolute Gasteiger partial charge is 0.471 e. The standard InChI is InChI=1S/C12HF23O5S/c13-1(14)2(15)39-11(32,33)8(26,9(27,28)29)40-10(30,31)6(22,23)4(18,19)3(16,17)5(20,21)7(24,25)12(34,35)41(36,37)38/h(H,36,37,38). The Kier molecular flexibility index (Phi) is 9.40. The van der Waals surface area contributed by atoms with Crippen LogP contribution in [0.25, 0.3) is 0 Å². The van der Waals surface area contributed by atoms with E-state index < -0.39 is 81.3 Å². The summed E-state index contributed by atoms with van der Waals surface area (Å²) in [7, 11) is -8.15. The average molecular weight is 694 g/mol. The zero-order chi connectivity index (χ0) is 34.1. The van der Waals surface area contributed by atoms with Crippen molar-refractivity contribution in [2.45, 2.75) is 59.1 Å². The third-order valence-electron chi connectivity index (χ3n) is 4.01. The van der Waals surface area contributed by atoms with Crippen LogP contribution in [0.4, 0.5) is 101 Å². The molecule has 0 saturated heterocycles. The molecular formula is C12HF23O5S. The lowest BCUT2D eigenvalue weighted by Crippen LogP contribution is -2.75. The first kappa shape index (κ1) is 38.8. The zero-order valence-electron chi connectivity index (χ0n) is 17.2. The second-order valence-corrected chi connectivity index (χ2v) is 8.19. The van der Waals surface area contributed by atoms with Gasteiger partial charge in [-0.25, -0.2) is 0 Å². The maximum absolute atomic E-state index is 13.8. The number of rotatable bonds is 12. The Morgan fingerprint density at radius 1 is 0.512 bits per heavy atom. The Morgan fingerprint density at radius 2 is 0.829 bits per heavy atom. The van der Waals surface area contributed by atoms with Crippen molar-refractivity contribution < 1.29 is 123 Å². The second-order valence-electron chi connectivity index (χ2n) is 6.73. The summed E-state index contributed by atoms with van der Waals surface area (Å²) in [4.78, 5) is 0. The lowest BCUT2D eigenvalue weighted by Gasteiger charge is -2.43. The van der Waals surface area contributed by atoms with Crippen molar-refractivity contribution in [1.29, 1.82) is 0 Å². The lowest BCUT2D eigenvalue weighted by molar-refractivity contribution is -0.536. The quantitative estimate of drug-likeness (QED) is 0.134. The maximum Gasteiger partial charge on any atom is 0.471 e. The topological polar surface area (TPSA) is 72.8 Å². The lowest BCUT2D eigenvalue weighted by atomic mass is 9.93. The number of halogens is 23. The highest BCUT2D eigenvalue weighted by Crippen LogP contribution is 2.64. The molecule has 0 fully saturated rings. The van der Waals surface area contributed by atoms with Crippen molar-refractivity contribution in [2.75, 3.05) is 0 Å². The molecule has 0 spiro atoms. The second kappa shape index (κ2) is 9.93. The summed E-state index contributed by atoms with van der Waals surface area (Å²) in [6.07, 6.45) is -29.3. The van der Waals surface area contributed by atoms with Gasteiger partial charge in [0.15, 0.2) is 0 Å². The molecule has 0 saturated carbocycles. The molecule has 0 heterocycles. The van der Waals surface area contributed by atoms with Gasteiger partial charge in [-0.1, -0.05) is 0 Å². The molecule has 1 N–H and O–H groups in total. The van der Waals surface area contributed by atoms with Gasteiger partial charge in [0.05, 0.1) is 0 Å². The molecule has 1 unspecified atom stereocenters. The number of alkyl halides is 20. The molecule has 0 aliphatic heterocycles. The van der Waals surface area contributed by atoms with Crippen LogP contribution in [0.3, 0.4) is 0 Å². The van der Waals surface area contributed by atoms with Crippen LogP contribution >= 0.6 is 0 Å². The van der Waals surface area contributed by atoms with E-state index in [1.54, 1.807) is 4.74 Å². The van der Waals surface area contributed by atoms with Crippen LogP contribution in [-0.4, -0.2) is 72.1 Å². The molecule has 0 aromatic heterocycles. The maximum atomic E-state index is 13.8. The number of hydrogen-bond acceptors (Lipinski definition) is 4. The number of ether oxygens (including phenoxy) is 2. The van der Waals surface area contributed by atoms with Crippen molar-refractivity contribution in [3.63, 3.8) is 0 Å². The third kappa shape index (κ3) is 5.51. The van der Waals surface area contributed by atoms with Gasteiger partial charge in [0.25, 0.3) is 0 Å². The van der Waals surface area contributed by atoms with E-state index in [2.05, 4.69) is 0 Å². The average Bonchev–Trinajstić information content (AvgIpc) is 2.70. The van der Waals surface area contributed by atoms with E-state index in [4.69, 9.17) is 4.55 Å². The van der Waals surface area contributed by atoms with Gasteiger partial charge in [0.2, 0.25) is 0 Å². The van der Waals surface area contributed by atoms with E-state index in [1.165, 1.54) is 0 Å². The van der Waals surface area contributed by atoms with E-state index in [9.17, 15) is 109 Å². The third-order valence-corrected chi connectivity index (χ3v) is 4.91. The molecule has 0 radical (unpaired) electrons. The van der Waals surface area contributed by atoms with Crippen LogP contribution in [0.15, 0.2) is 12.1 Å². The Morgan fingerprint density at radius 3 is 1.12 bits per heavy atom. The molecule has 0 bridgehead atoms. The smallest absolute Gasteiger partial charge is 0.398 e. The van der Waals surface area contributed by atoms with Crippen molar-refractivity contribution >= 4 is 10.1 Å². The van der Waals surface area contributed by atoms with Crippen molar-refractivity contribution in [3.05, 3.63) is 12.1 Å². The minimum absolute atomic E-state index is 0.988. The number of hydrogen-bond donors (Lipinski definition) is 1. The molecule has 0 amide bonds. The molecule has 246 valence electrons. The summed E-state index contributed by atoms with van der Waals surface area (Å²) < 4.78 is 332. The molecule has 29 heteroatoms. The van der Waals surface area contributed by atoms with Crippen molar-refractivity contribution in [1.82, 2.24) is 0 Å². The Balaban J connectivity index is 7.23. The fourth-order valence-corrected chi connectivity index (χ4v) is 2.31. The first-order valence-corrected chi connectivity index (χ1v) is 9.57. The Labute approximate surface area is 206 Å². The first-order valence-electron chi connectivity index (χ1n) is 8.13. The van der Waals surface area contributed by atoms with Crippen LogP contribution < -0.4 is 0 Å². The summed E-state index contributed by atoms with van der Waals surface area (Å²) >= 11 is 0. The minimum Gasteiger partial charge on any atom is -0.398 e. The highest BCUT2D eigenvalue weighted by molar-refractivity contribution is 7.87. The van der Waals surface area contributed by atoms with Gasteiger partial charge >= 0.3 is 81.3 Å². The normalized spacial score (nSPS) is 17.3. The Hall–Kier alpha value is -2.20. The van der Waals surface area contributed by atoms with Crippen molar-refractivity contribution in [3.8, 4) is 0 Å². The molecule has 0 rings (SSSR count). The molecule has 0 aliphatic carbocycles. The molecule has 0 aromatic carbocycles. The van der Waals surface area contributed by atoms with Crippen LogP contribution in [0.2, 0.25) is 0 Å². The van der Waals surface area contributed by atoms with Gasteiger partial charge in [-0.05, 0) is 0 Å². The van der Waals surface area contributed by atoms with Crippen LogP contribution in [0.5, 0.6) is 0 Å². The van der Waals surface area contributed by atoms with E-state index >= 15 is 0 Å². The van der Waals surface area contributed by atoms with Gasteiger partial charge in [-0.15, -0.1) is 0 Å². The van der Waals surface area contributed by atoms with Crippen molar-refractivity contribution in [2.24, 2.45) is 0 Å². The van der Waals surface area contributed by atoms with Gasteiger partial charge in [0, 0.05) is 0 Å². The molecular weight excluding hydrogens is 693 g/mol. The fourth-order valence-electron chi connectivity index (χ4n) is 1.86. The molecule has 0 aliphatic rings. The van der Waals surface area contributed by atoms with Gasteiger partial charge in [-0.2, -0.15) is 109 Å². The van der Waals surface area contributed by atoms with E-state index in [0.29, 0.717) is 0 Å². The zero-order valence-corrected chi connectivity index (χ0v) is 18.0. The van der Waals surface area contributed by atoms with E-state index in [0.717, 1.165) is 4.74 Å². The summed E-state index contributed by atoms with van der Waals surface area (Å²) in [6, 6.07) is -4.38. The summed E-state index contributed by atoms with van der Waals surface area (Å²) in [5.41, 5.74) is 0. The SMILES string of the molecule is O=S(=O)(O)C(F)(F)C(F)(F)C(F)(F)C(F)(F)C(F)(F)C(F)(F)C(F)(F)OC(F)(C(F)(F)F)C(F)(F)OC(F)=C(F)F. The predicted octanol–water partition coefficient (Wildman–Crippen LogP) is 7.13. The first-order chi connectivity index (χ1) is 17.3. The molecule has 5 nitrogen and oxygen atoms in total. The summed E-state index contributed by atoms with van der Waals surface area (Å²) in [5, 5.41) is -8.11. The van der Waals surface area contributed by atoms with E-state index in [1.807, 2.05) is 0 Å². The molecule has 0 aromatic rings. The Bertz CT molecular complexity index is 1120. The van der Waals surface area contributed by atoms with Gasteiger partial charge in [-0.3, -0.25) is 9.29 Å². The minimum atomic E-state index is -9.34. The fraction of sp³-hybridized carbons (Fsp3) is 0.833. The monoisotopic (exact) mass is 694 g/mol. The highest BCUT2D eigenvalue weighted by Gasteiger charge is 2.95. The van der Waals surface area contributed by atoms with Gasteiger partial charge < -0.3 is 4.74 Å². The van der Waals surface area contributed by atoms with E-state index in [-0.39, 0.29) is 0 Å². The van der Waals surface area contributed by atoms with Crippen LogP contribution in [-0.2, 0) is 19.6 Å². The van der Waals surface area contributed by atoms with Crippen LogP contribution in [0, 0.1) is 0 Å². The summed E-state index contributed by atoms with van der Waals surface area (Å²) in [5.74, 6) is -54.1.